The van der Waals surface area contributed by atoms with Gasteiger partial charge in [0, 0.05) is 27.5 Å². The zero-order valence-electron chi connectivity index (χ0n) is 8.70. The van der Waals surface area contributed by atoms with E-state index in [1.54, 1.807) is 4.57 Å². The van der Waals surface area contributed by atoms with Crippen molar-refractivity contribution in [2.75, 3.05) is 0 Å². The average molecular weight is 266 g/mol. The highest BCUT2D eigenvalue weighted by molar-refractivity contribution is 9.10. The van der Waals surface area contributed by atoms with Gasteiger partial charge in [-0.05, 0) is 35.8 Å². The summed E-state index contributed by atoms with van der Waals surface area (Å²) in [7, 11) is 0. The first kappa shape index (κ1) is 10.4. The van der Waals surface area contributed by atoms with Crippen LogP contribution in [0.3, 0.4) is 0 Å². The first-order chi connectivity index (χ1) is 7.11. The highest BCUT2D eigenvalue weighted by atomic mass is 79.9. The lowest BCUT2D eigenvalue weighted by Crippen LogP contribution is -2.21. The highest BCUT2D eigenvalue weighted by Crippen LogP contribution is 2.21. The van der Waals surface area contributed by atoms with E-state index in [9.17, 15) is 4.79 Å². The molecule has 0 aliphatic carbocycles. The molecule has 0 radical (unpaired) electrons. The third-order valence-electron chi connectivity index (χ3n) is 2.46. The van der Waals surface area contributed by atoms with Crippen LogP contribution in [0.2, 0.25) is 0 Å². The van der Waals surface area contributed by atoms with E-state index < -0.39 is 0 Å². The van der Waals surface area contributed by atoms with Crippen LogP contribution in [0.5, 0.6) is 0 Å². The number of hydrogen-bond acceptors (Lipinski definition) is 1. The van der Waals surface area contributed by atoms with E-state index in [0.29, 0.717) is 0 Å². The first-order valence-electron chi connectivity index (χ1n) is 4.90. The fourth-order valence-electron chi connectivity index (χ4n) is 1.65. The number of halogens is 1. The maximum Gasteiger partial charge on any atom is 0.258 e. The maximum atomic E-state index is 12.1. The van der Waals surface area contributed by atoms with Gasteiger partial charge in [0.05, 0.1) is 0 Å². The summed E-state index contributed by atoms with van der Waals surface area (Å²) in [5.74, 6) is 0. The molecule has 0 aliphatic heterocycles. The third-order valence-corrected chi connectivity index (χ3v) is 3.09. The van der Waals surface area contributed by atoms with Gasteiger partial charge in [0.25, 0.3) is 5.56 Å². The molecule has 0 amide bonds. The van der Waals surface area contributed by atoms with Gasteiger partial charge in [-0.25, -0.2) is 0 Å². The molecule has 1 heterocycles. The average Bonchev–Trinajstić information content (AvgIpc) is 2.23. The van der Waals surface area contributed by atoms with E-state index in [0.717, 1.165) is 15.2 Å². The Morgan fingerprint density at radius 1 is 1.20 bits per heavy atom. The largest absolute Gasteiger partial charge is 0.311 e. The van der Waals surface area contributed by atoms with Crippen LogP contribution >= 0.6 is 15.9 Å². The van der Waals surface area contributed by atoms with Crippen LogP contribution in [-0.4, -0.2) is 4.57 Å². The van der Waals surface area contributed by atoms with E-state index >= 15 is 0 Å². The SMILES string of the molecule is CC(C)n1cc(Br)c2ccccc2c1=O. The summed E-state index contributed by atoms with van der Waals surface area (Å²) in [6.45, 7) is 4.01. The molecule has 0 saturated carbocycles. The topological polar surface area (TPSA) is 22.0 Å². The van der Waals surface area contributed by atoms with E-state index in [1.165, 1.54) is 0 Å². The summed E-state index contributed by atoms with van der Waals surface area (Å²) in [4.78, 5) is 12.1. The van der Waals surface area contributed by atoms with Crippen molar-refractivity contribution in [3.63, 3.8) is 0 Å². The Hall–Kier alpha value is -1.09. The molecule has 0 bridgehead atoms. The molecule has 0 atom stereocenters. The second-order valence-corrected chi connectivity index (χ2v) is 4.68. The number of aromatic nitrogens is 1. The van der Waals surface area contributed by atoms with Crippen molar-refractivity contribution >= 4 is 26.7 Å². The Bertz CT molecular complexity index is 557. The Balaban J connectivity index is 2.91. The fourth-order valence-corrected chi connectivity index (χ4v) is 2.22. The molecule has 15 heavy (non-hydrogen) atoms. The molecule has 3 heteroatoms. The number of nitrogens with zero attached hydrogens (tertiary/aromatic N) is 1. The molecule has 1 aromatic carbocycles. The normalized spacial score (nSPS) is 11.2. The smallest absolute Gasteiger partial charge is 0.258 e. The lowest BCUT2D eigenvalue weighted by atomic mass is 10.1. The van der Waals surface area contributed by atoms with Gasteiger partial charge in [0.2, 0.25) is 0 Å². The summed E-state index contributed by atoms with van der Waals surface area (Å²) in [6, 6.07) is 7.82. The zero-order chi connectivity index (χ0) is 11.0. The Kier molecular flexibility index (Phi) is 2.65. The minimum atomic E-state index is 0.0730. The molecular weight excluding hydrogens is 254 g/mol. The monoisotopic (exact) mass is 265 g/mol. The van der Waals surface area contributed by atoms with E-state index in [4.69, 9.17) is 0 Å². The van der Waals surface area contributed by atoms with Gasteiger partial charge in [-0.15, -0.1) is 0 Å². The Morgan fingerprint density at radius 2 is 1.80 bits per heavy atom. The summed E-state index contributed by atoms with van der Waals surface area (Å²) < 4.78 is 2.71. The van der Waals surface area contributed by atoms with Crippen molar-refractivity contribution in [1.29, 1.82) is 0 Å². The van der Waals surface area contributed by atoms with E-state index in [2.05, 4.69) is 15.9 Å². The van der Waals surface area contributed by atoms with Crippen LogP contribution in [0, 0.1) is 0 Å². The van der Waals surface area contributed by atoms with Gasteiger partial charge >= 0.3 is 0 Å². The van der Waals surface area contributed by atoms with Gasteiger partial charge in [-0.3, -0.25) is 4.79 Å². The van der Waals surface area contributed by atoms with Gasteiger partial charge in [-0.2, -0.15) is 0 Å². The minimum Gasteiger partial charge on any atom is -0.311 e. The molecule has 0 unspecified atom stereocenters. The number of hydrogen-bond donors (Lipinski definition) is 0. The molecular formula is C12H12BrNO. The molecule has 2 aromatic rings. The highest BCUT2D eigenvalue weighted by Gasteiger charge is 2.07. The van der Waals surface area contributed by atoms with Gasteiger partial charge in [-0.1, -0.05) is 18.2 Å². The molecule has 1 aromatic heterocycles. The third kappa shape index (κ3) is 1.72. The molecule has 2 rings (SSSR count). The fraction of sp³-hybridized carbons (Fsp3) is 0.250. The number of benzene rings is 1. The van der Waals surface area contributed by atoms with Crippen LogP contribution in [0.1, 0.15) is 19.9 Å². The van der Waals surface area contributed by atoms with Crippen molar-refractivity contribution in [3.8, 4) is 0 Å². The Labute approximate surface area is 96.7 Å². The predicted molar refractivity (Wildman–Crippen MR) is 66.3 cm³/mol. The zero-order valence-corrected chi connectivity index (χ0v) is 10.3. The number of pyridine rings is 1. The van der Waals surface area contributed by atoms with Gasteiger partial charge < -0.3 is 4.57 Å². The molecule has 0 saturated heterocycles. The van der Waals surface area contributed by atoms with Gasteiger partial charge in [0.15, 0.2) is 0 Å². The number of rotatable bonds is 1. The molecule has 0 N–H and O–H groups in total. The molecule has 2 nitrogen and oxygen atoms in total. The Morgan fingerprint density at radius 3 is 2.40 bits per heavy atom. The summed E-state index contributed by atoms with van der Waals surface area (Å²) in [5, 5.41) is 1.74. The summed E-state index contributed by atoms with van der Waals surface area (Å²) in [5.41, 5.74) is 0.0730. The second kappa shape index (κ2) is 3.81. The summed E-state index contributed by atoms with van der Waals surface area (Å²) in [6.07, 6.45) is 1.86. The minimum absolute atomic E-state index is 0.0730. The van der Waals surface area contributed by atoms with Crippen molar-refractivity contribution in [2.45, 2.75) is 19.9 Å². The molecule has 78 valence electrons. The molecule has 0 spiro atoms. The number of fused-ring (bicyclic) bond motifs is 1. The lowest BCUT2D eigenvalue weighted by Gasteiger charge is -2.12. The standard InChI is InChI=1S/C12H12BrNO/c1-8(2)14-7-11(13)9-5-3-4-6-10(9)12(14)15/h3-8H,1-2H3. The van der Waals surface area contributed by atoms with Crippen molar-refractivity contribution in [3.05, 3.63) is 45.3 Å². The van der Waals surface area contributed by atoms with Crippen molar-refractivity contribution in [1.82, 2.24) is 4.57 Å². The van der Waals surface area contributed by atoms with Crippen LogP contribution < -0.4 is 5.56 Å². The maximum absolute atomic E-state index is 12.1. The van der Waals surface area contributed by atoms with Gasteiger partial charge in [0.1, 0.15) is 0 Å². The van der Waals surface area contributed by atoms with Crippen LogP contribution in [0.15, 0.2) is 39.7 Å². The first-order valence-corrected chi connectivity index (χ1v) is 5.70. The summed E-state index contributed by atoms with van der Waals surface area (Å²) >= 11 is 3.49. The molecule has 0 aliphatic rings. The quantitative estimate of drug-likeness (QED) is 0.775. The van der Waals surface area contributed by atoms with E-state index in [-0.39, 0.29) is 11.6 Å². The van der Waals surface area contributed by atoms with E-state index in [1.807, 2.05) is 44.3 Å². The lowest BCUT2D eigenvalue weighted by molar-refractivity contribution is 0.581. The van der Waals surface area contributed by atoms with Crippen molar-refractivity contribution < 1.29 is 0 Å². The predicted octanol–water partition coefficient (Wildman–Crippen LogP) is 3.34. The van der Waals surface area contributed by atoms with Crippen molar-refractivity contribution in [2.24, 2.45) is 0 Å². The van der Waals surface area contributed by atoms with Crippen LogP contribution in [0.25, 0.3) is 10.8 Å². The van der Waals surface area contributed by atoms with Crippen LogP contribution in [-0.2, 0) is 0 Å². The second-order valence-electron chi connectivity index (χ2n) is 3.83. The van der Waals surface area contributed by atoms with Crippen LogP contribution in [0.4, 0.5) is 0 Å². The molecule has 0 fully saturated rings.